The highest BCUT2D eigenvalue weighted by Gasteiger charge is 2.25. The third-order valence-corrected chi connectivity index (χ3v) is 4.93. The molecule has 0 radical (unpaired) electrons. The molecule has 0 aromatic carbocycles. The Morgan fingerprint density at radius 3 is 2.60 bits per heavy atom. The minimum Gasteiger partial charge on any atom is -0.394 e. The second-order valence-corrected chi connectivity index (χ2v) is 7.01. The number of aliphatic hydroxyl groups excluding tert-OH is 1. The highest BCUT2D eigenvalue weighted by Crippen LogP contribution is 2.31. The topological polar surface area (TPSA) is 41.5 Å². The molecule has 3 nitrogen and oxygen atoms in total. The highest BCUT2D eigenvalue weighted by molar-refractivity contribution is 4.82. The largest absolute Gasteiger partial charge is 0.394 e. The second-order valence-electron chi connectivity index (χ2n) is 7.01. The van der Waals surface area contributed by atoms with E-state index in [4.69, 9.17) is 4.74 Å². The van der Waals surface area contributed by atoms with Crippen LogP contribution < -0.4 is 5.32 Å². The average molecular weight is 285 g/mol. The molecule has 120 valence electrons. The van der Waals surface area contributed by atoms with Crippen molar-refractivity contribution in [3.63, 3.8) is 0 Å². The second kappa shape index (κ2) is 9.01. The van der Waals surface area contributed by atoms with Gasteiger partial charge in [-0.1, -0.05) is 20.8 Å². The molecule has 0 aliphatic heterocycles. The Kier molecular flexibility index (Phi) is 8.08. The van der Waals surface area contributed by atoms with Gasteiger partial charge in [0, 0.05) is 12.1 Å². The minimum atomic E-state index is -0.145. The Balaban J connectivity index is 2.17. The molecule has 1 saturated carbocycles. The fourth-order valence-electron chi connectivity index (χ4n) is 3.01. The molecule has 0 aromatic heterocycles. The first-order valence-electron chi connectivity index (χ1n) is 8.48. The van der Waals surface area contributed by atoms with Crippen molar-refractivity contribution in [3.05, 3.63) is 0 Å². The zero-order valence-corrected chi connectivity index (χ0v) is 14.0. The molecule has 4 unspecified atom stereocenters. The molecule has 0 saturated heterocycles. The quantitative estimate of drug-likeness (QED) is 0.638. The van der Waals surface area contributed by atoms with Crippen LogP contribution in [0.5, 0.6) is 0 Å². The lowest BCUT2D eigenvalue weighted by atomic mass is 9.80. The number of hydrogen-bond acceptors (Lipinski definition) is 3. The highest BCUT2D eigenvalue weighted by atomic mass is 16.5. The van der Waals surface area contributed by atoms with Gasteiger partial charge in [0.15, 0.2) is 0 Å². The Morgan fingerprint density at radius 1 is 1.25 bits per heavy atom. The summed E-state index contributed by atoms with van der Waals surface area (Å²) >= 11 is 0. The summed E-state index contributed by atoms with van der Waals surface area (Å²) in [7, 11) is 0. The predicted molar refractivity (Wildman–Crippen MR) is 84.9 cm³/mol. The van der Waals surface area contributed by atoms with E-state index in [1.54, 1.807) is 0 Å². The van der Waals surface area contributed by atoms with Crippen molar-refractivity contribution in [3.8, 4) is 0 Å². The van der Waals surface area contributed by atoms with Gasteiger partial charge in [0.05, 0.1) is 12.7 Å². The summed E-state index contributed by atoms with van der Waals surface area (Å²) < 4.78 is 6.04. The van der Waals surface area contributed by atoms with E-state index in [2.05, 4.69) is 33.0 Å². The number of rotatable bonds is 9. The zero-order valence-electron chi connectivity index (χ0n) is 14.0. The fraction of sp³-hybridized carbons (Fsp3) is 1.00. The van der Waals surface area contributed by atoms with Gasteiger partial charge < -0.3 is 15.2 Å². The number of ether oxygens (including phenoxy) is 1. The standard InChI is InChI=1S/C17H35NO2/c1-5-10-18-17(4,13-19)9-6-11-20-16-8-7-14(2)15(3)12-16/h14-16,18-19H,5-13H2,1-4H3. The van der Waals surface area contributed by atoms with Crippen molar-refractivity contribution in [1.29, 1.82) is 0 Å². The smallest absolute Gasteiger partial charge is 0.0610 e. The van der Waals surface area contributed by atoms with Crippen LogP contribution in [-0.4, -0.2) is 36.5 Å². The van der Waals surface area contributed by atoms with Gasteiger partial charge in [0.2, 0.25) is 0 Å². The van der Waals surface area contributed by atoms with E-state index in [-0.39, 0.29) is 12.1 Å². The van der Waals surface area contributed by atoms with E-state index in [0.717, 1.165) is 44.2 Å². The first-order valence-corrected chi connectivity index (χ1v) is 8.48. The van der Waals surface area contributed by atoms with Crippen molar-refractivity contribution in [2.24, 2.45) is 11.8 Å². The minimum absolute atomic E-state index is 0.145. The van der Waals surface area contributed by atoms with E-state index in [1.165, 1.54) is 19.3 Å². The number of nitrogens with one attached hydrogen (secondary N) is 1. The molecular formula is C17H35NO2. The first-order chi connectivity index (χ1) is 9.50. The maximum Gasteiger partial charge on any atom is 0.0610 e. The van der Waals surface area contributed by atoms with Gasteiger partial charge >= 0.3 is 0 Å². The van der Waals surface area contributed by atoms with Gasteiger partial charge in [-0.2, -0.15) is 0 Å². The molecule has 0 heterocycles. The molecule has 1 rings (SSSR count). The Morgan fingerprint density at radius 2 is 2.00 bits per heavy atom. The summed E-state index contributed by atoms with van der Waals surface area (Å²) in [6, 6.07) is 0. The summed E-state index contributed by atoms with van der Waals surface area (Å²) in [4.78, 5) is 0. The van der Waals surface area contributed by atoms with E-state index in [1.807, 2.05) is 0 Å². The molecule has 1 aliphatic rings. The van der Waals surface area contributed by atoms with Gasteiger partial charge in [-0.3, -0.25) is 0 Å². The summed E-state index contributed by atoms with van der Waals surface area (Å²) in [5, 5.41) is 13.0. The third-order valence-electron chi connectivity index (χ3n) is 4.93. The van der Waals surface area contributed by atoms with Crippen LogP contribution in [0.15, 0.2) is 0 Å². The SMILES string of the molecule is CCCNC(C)(CO)CCCOC1CCC(C)C(C)C1. The van der Waals surface area contributed by atoms with Gasteiger partial charge in [0.25, 0.3) is 0 Å². The van der Waals surface area contributed by atoms with Gasteiger partial charge in [-0.25, -0.2) is 0 Å². The molecule has 2 N–H and O–H groups in total. The van der Waals surface area contributed by atoms with Crippen molar-refractivity contribution in [2.75, 3.05) is 19.8 Å². The summed E-state index contributed by atoms with van der Waals surface area (Å²) in [6.07, 6.45) is 7.30. The zero-order chi connectivity index (χ0) is 15.0. The molecule has 1 fully saturated rings. The molecule has 0 aromatic rings. The van der Waals surface area contributed by atoms with Crippen LogP contribution in [0.1, 0.15) is 66.2 Å². The number of hydrogen-bond donors (Lipinski definition) is 2. The molecule has 4 atom stereocenters. The lowest BCUT2D eigenvalue weighted by Gasteiger charge is -2.32. The van der Waals surface area contributed by atoms with Crippen LogP contribution in [0.2, 0.25) is 0 Å². The van der Waals surface area contributed by atoms with Crippen LogP contribution >= 0.6 is 0 Å². The third kappa shape index (κ3) is 6.11. The lowest BCUT2D eigenvalue weighted by Crippen LogP contribution is -2.46. The molecule has 0 amide bonds. The Labute approximate surface area is 125 Å². The van der Waals surface area contributed by atoms with Crippen LogP contribution in [0.3, 0.4) is 0 Å². The van der Waals surface area contributed by atoms with Crippen LogP contribution in [0.25, 0.3) is 0 Å². The van der Waals surface area contributed by atoms with E-state index in [9.17, 15) is 5.11 Å². The van der Waals surface area contributed by atoms with Gasteiger partial charge in [0.1, 0.15) is 0 Å². The number of aliphatic hydroxyl groups is 1. The van der Waals surface area contributed by atoms with Crippen molar-refractivity contribution in [1.82, 2.24) is 5.32 Å². The molecular weight excluding hydrogens is 250 g/mol. The molecule has 0 bridgehead atoms. The summed E-state index contributed by atoms with van der Waals surface area (Å²) in [6.45, 7) is 11.0. The van der Waals surface area contributed by atoms with Crippen LogP contribution in [0.4, 0.5) is 0 Å². The summed E-state index contributed by atoms with van der Waals surface area (Å²) in [5.74, 6) is 1.65. The Bertz CT molecular complexity index is 259. The predicted octanol–water partition coefficient (Wildman–Crippen LogP) is 3.36. The normalized spacial score (nSPS) is 30.1. The van der Waals surface area contributed by atoms with E-state index < -0.39 is 0 Å². The monoisotopic (exact) mass is 285 g/mol. The maximum absolute atomic E-state index is 9.52. The maximum atomic E-state index is 9.52. The molecule has 3 heteroatoms. The van der Waals surface area contributed by atoms with E-state index in [0.29, 0.717) is 6.10 Å². The van der Waals surface area contributed by atoms with Crippen LogP contribution in [0, 0.1) is 11.8 Å². The average Bonchev–Trinajstić information content (AvgIpc) is 2.45. The van der Waals surface area contributed by atoms with Gasteiger partial charge in [-0.15, -0.1) is 0 Å². The van der Waals surface area contributed by atoms with Crippen molar-refractivity contribution < 1.29 is 9.84 Å². The first kappa shape index (κ1) is 17.9. The molecule has 20 heavy (non-hydrogen) atoms. The van der Waals surface area contributed by atoms with Gasteiger partial charge in [-0.05, 0) is 63.8 Å². The Hall–Kier alpha value is -0.120. The summed E-state index contributed by atoms with van der Waals surface area (Å²) in [5.41, 5.74) is -0.145. The van der Waals surface area contributed by atoms with E-state index >= 15 is 0 Å². The fourth-order valence-corrected chi connectivity index (χ4v) is 3.01. The van der Waals surface area contributed by atoms with Crippen LogP contribution in [-0.2, 0) is 4.74 Å². The molecule has 1 aliphatic carbocycles. The van der Waals surface area contributed by atoms with Crippen molar-refractivity contribution >= 4 is 0 Å². The molecule has 0 spiro atoms. The van der Waals surface area contributed by atoms with Crippen molar-refractivity contribution in [2.45, 2.75) is 77.9 Å². The lowest BCUT2D eigenvalue weighted by molar-refractivity contribution is -0.00191.